The van der Waals surface area contributed by atoms with Crippen molar-refractivity contribution in [1.82, 2.24) is 4.90 Å². The summed E-state index contributed by atoms with van der Waals surface area (Å²) < 4.78 is 0. The third kappa shape index (κ3) is 2.23. The summed E-state index contributed by atoms with van der Waals surface area (Å²) in [6.07, 6.45) is 1.97. The van der Waals surface area contributed by atoms with Crippen LogP contribution in [0.4, 0.5) is 5.69 Å². The Hall–Kier alpha value is -1.84. The maximum Gasteiger partial charge on any atom is 0.249 e. The summed E-state index contributed by atoms with van der Waals surface area (Å²) in [5.74, 6) is 0.360. The van der Waals surface area contributed by atoms with Gasteiger partial charge in [0.1, 0.15) is 6.04 Å². The third-order valence-electron chi connectivity index (χ3n) is 3.93. The Morgan fingerprint density at radius 3 is 2.47 bits per heavy atom. The Labute approximate surface area is 113 Å². The molecule has 1 aromatic rings. The summed E-state index contributed by atoms with van der Waals surface area (Å²) in [5, 5.41) is 0. The summed E-state index contributed by atoms with van der Waals surface area (Å²) in [7, 11) is 0. The van der Waals surface area contributed by atoms with Gasteiger partial charge in [-0.1, -0.05) is 18.2 Å². The van der Waals surface area contributed by atoms with E-state index in [1.54, 1.807) is 9.80 Å². The lowest BCUT2D eigenvalue weighted by atomic mass is 10.1. The summed E-state index contributed by atoms with van der Waals surface area (Å²) in [5.41, 5.74) is 0.915. The first-order chi connectivity index (χ1) is 9.18. The average Bonchev–Trinajstić information content (AvgIpc) is 3.26. The molecule has 0 unspecified atom stereocenters. The number of carbonyl (C=O) groups is 2. The second-order valence-corrected chi connectivity index (χ2v) is 5.31. The smallest absolute Gasteiger partial charge is 0.249 e. The van der Waals surface area contributed by atoms with Crippen LogP contribution in [0.25, 0.3) is 0 Å². The fourth-order valence-corrected chi connectivity index (χ4v) is 2.60. The molecule has 0 bridgehead atoms. The molecule has 3 rings (SSSR count). The van der Waals surface area contributed by atoms with Crippen LogP contribution in [0, 0.1) is 5.92 Å². The van der Waals surface area contributed by atoms with Crippen molar-refractivity contribution in [2.75, 3.05) is 18.0 Å². The molecule has 2 amide bonds. The van der Waals surface area contributed by atoms with E-state index in [2.05, 4.69) is 0 Å². The van der Waals surface area contributed by atoms with Crippen LogP contribution in [-0.4, -0.2) is 35.8 Å². The van der Waals surface area contributed by atoms with Crippen molar-refractivity contribution in [2.45, 2.75) is 25.8 Å². The first-order valence-corrected chi connectivity index (χ1v) is 6.85. The predicted octanol–water partition coefficient (Wildman–Crippen LogP) is 1.66. The van der Waals surface area contributed by atoms with Crippen LogP contribution >= 0.6 is 0 Å². The Bertz CT molecular complexity index is 496. The third-order valence-corrected chi connectivity index (χ3v) is 3.93. The van der Waals surface area contributed by atoms with Gasteiger partial charge in [0.25, 0.3) is 0 Å². The van der Waals surface area contributed by atoms with Gasteiger partial charge in [-0.05, 0) is 31.9 Å². The molecular formula is C15H18N2O2. The highest BCUT2D eigenvalue weighted by Crippen LogP contribution is 2.32. The zero-order valence-corrected chi connectivity index (χ0v) is 11.1. The van der Waals surface area contributed by atoms with E-state index >= 15 is 0 Å². The van der Waals surface area contributed by atoms with Crippen molar-refractivity contribution in [3.63, 3.8) is 0 Å². The van der Waals surface area contributed by atoms with Crippen LogP contribution in [0.15, 0.2) is 30.3 Å². The maximum atomic E-state index is 12.4. The number of hydrogen-bond acceptors (Lipinski definition) is 2. The highest BCUT2D eigenvalue weighted by atomic mass is 16.2. The van der Waals surface area contributed by atoms with E-state index in [9.17, 15) is 9.59 Å². The number of rotatable bonds is 2. The molecule has 1 aliphatic carbocycles. The lowest BCUT2D eigenvalue weighted by Gasteiger charge is -2.39. The molecular weight excluding hydrogens is 240 g/mol. The fraction of sp³-hybridized carbons (Fsp3) is 0.467. The van der Waals surface area contributed by atoms with Crippen molar-refractivity contribution in [2.24, 2.45) is 5.92 Å². The summed E-state index contributed by atoms with van der Waals surface area (Å²) in [6, 6.07) is 9.31. The lowest BCUT2D eigenvalue weighted by molar-refractivity contribution is -0.141. The molecule has 1 atom stereocenters. The predicted molar refractivity (Wildman–Crippen MR) is 72.7 cm³/mol. The van der Waals surface area contributed by atoms with Crippen molar-refractivity contribution in [1.29, 1.82) is 0 Å². The van der Waals surface area contributed by atoms with E-state index < -0.39 is 0 Å². The van der Waals surface area contributed by atoms with Gasteiger partial charge in [0, 0.05) is 24.7 Å². The van der Waals surface area contributed by atoms with Gasteiger partial charge >= 0.3 is 0 Å². The molecule has 4 nitrogen and oxygen atoms in total. The van der Waals surface area contributed by atoms with Crippen LogP contribution in [0.5, 0.6) is 0 Å². The maximum absolute atomic E-state index is 12.4. The molecule has 100 valence electrons. The monoisotopic (exact) mass is 258 g/mol. The van der Waals surface area contributed by atoms with Gasteiger partial charge in [-0.15, -0.1) is 0 Å². The molecule has 2 fully saturated rings. The molecule has 0 N–H and O–H groups in total. The van der Waals surface area contributed by atoms with Crippen molar-refractivity contribution in [3.8, 4) is 0 Å². The van der Waals surface area contributed by atoms with Crippen molar-refractivity contribution >= 4 is 17.5 Å². The highest BCUT2D eigenvalue weighted by molar-refractivity contribution is 6.00. The zero-order chi connectivity index (χ0) is 13.4. The Morgan fingerprint density at radius 1 is 1.16 bits per heavy atom. The normalized spacial score (nSPS) is 23.6. The van der Waals surface area contributed by atoms with Crippen LogP contribution in [-0.2, 0) is 9.59 Å². The number of carbonyl (C=O) groups excluding carboxylic acids is 2. The molecule has 2 aliphatic rings. The van der Waals surface area contributed by atoms with E-state index in [-0.39, 0.29) is 23.8 Å². The molecule has 1 saturated heterocycles. The molecule has 1 heterocycles. The molecule has 0 spiro atoms. The molecule has 4 heteroatoms. The van der Waals surface area contributed by atoms with E-state index in [1.165, 1.54) is 0 Å². The average molecular weight is 258 g/mol. The first-order valence-electron chi connectivity index (χ1n) is 6.85. The molecule has 0 aromatic heterocycles. The number of anilines is 1. The molecule has 1 aromatic carbocycles. The van der Waals surface area contributed by atoms with E-state index in [0.717, 1.165) is 18.5 Å². The van der Waals surface area contributed by atoms with Gasteiger partial charge in [-0.2, -0.15) is 0 Å². The van der Waals surface area contributed by atoms with Crippen molar-refractivity contribution in [3.05, 3.63) is 30.3 Å². The summed E-state index contributed by atoms with van der Waals surface area (Å²) in [4.78, 5) is 28.1. The van der Waals surface area contributed by atoms with E-state index in [1.807, 2.05) is 37.3 Å². The van der Waals surface area contributed by atoms with Gasteiger partial charge < -0.3 is 9.80 Å². The fourth-order valence-electron chi connectivity index (χ4n) is 2.60. The summed E-state index contributed by atoms with van der Waals surface area (Å²) in [6.45, 7) is 3.06. The van der Waals surface area contributed by atoms with Crippen LogP contribution in [0.3, 0.4) is 0 Å². The van der Waals surface area contributed by atoms with Crippen LogP contribution in [0.1, 0.15) is 19.8 Å². The van der Waals surface area contributed by atoms with Gasteiger partial charge in [0.05, 0.1) is 0 Å². The topological polar surface area (TPSA) is 40.6 Å². The standard InChI is InChI=1S/C15H18N2O2/c1-11-14(18)17(13-5-3-2-4-6-13)10-9-16(11)15(19)12-7-8-12/h2-6,11-12H,7-10H2,1H3/t11-/m0/s1. The van der Waals surface area contributed by atoms with Crippen LogP contribution < -0.4 is 4.90 Å². The minimum atomic E-state index is -0.345. The highest BCUT2D eigenvalue weighted by Gasteiger charge is 2.40. The van der Waals surface area contributed by atoms with Gasteiger partial charge in [0.2, 0.25) is 11.8 Å². The Morgan fingerprint density at radius 2 is 1.84 bits per heavy atom. The number of hydrogen-bond donors (Lipinski definition) is 0. The van der Waals surface area contributed by atoms with Gasteiger partial charge in [-0.3, -0.25) is 9.59 Å². The minimum absolute atomic E-state index is 0.0199. The van der Waals surface area contributed by atoms with E-state index in [0.29, 0.717) is 13.1 Å². The molecule has 1 aliphatic heterocycles. The minimum Gasteiger partial charge on any atom is -0.329 e. The second-order valence-electron chi connectivity index (χ2n) is 5.31. The number of amides is 2. The number of nitrogens with zero attached hydrogens (tertiary/aromatic N) is 2. The Balaban J connectivity index is 1.76. The van der Waals surface area contributed by atoms with Crippen LogP contribution in [0.2, 0.25) is 0 Å². The second kappa shape index (κ2) is 4.68. The molecule has 19 heavy (non-hydrogen) atoms. The van der Waals surface area contributed by atoms with Crippen molar-refractivity contribution < 1.29 is 9.59 Å². The lowest BCUT2D eigenvalue weighted by Crippen LogP contribution is -2.58. The molecule has 0 radical (unpaired) electrons. The number of piperazine rings is 1. The Kier molecular flexibility index (Phi) is 3.01. The SMILES string of the molecule is C[C@H]1C(=O)N(c2ccccc2)CCN1C(=O)C1CC1. The van der Waals surface area contributed by atoms with Gasteiger partial charge in [0.15, 0.2) is 0 Å². The molecule has 1 saturated carbocycles. The van der Waals surface area contributed by atoms with Gasteiger partial charge in [-0.25, -0.2) is 0 Å². The zero-order valence-electron chi connectivity index (χ0n) is 11.1. The number of para-hydroxylation sites is 1. The largest absolute Gasteiger partial charge is 0.329 e. The first kappa shape index (κ1) is 12.2. The quantitative estimate of drug-likeness (QED) is 0.809. The number of benzene rings is 1. The summed E-state index contributed by atoms with van der Waals surface area (Å²) >= 11 is 0. The van der Waals surface area contributed by atoms with E-state index in [4.69, 9.17) is 0 Å².